The standard InChI is InChI=1S/C29H30N2O4/c1-35-23-8-9-24-25(19-23)22(17-26(24)32)18-28(34)31-16-13-29(20-31)11-14-30(15-12-29)27(33)10-7-21-5-3-2-4-6-21/h2-6,8-9,19,22H,11-18,20H2,1H3. The highest BCUT2D eigenvalue weighted by molar-refractivity contribution is 6.02. The molecular weight excluding hydrogens is 440 g/mol. The van der Waals surface area contributed by atoms with Crippen LogP contribution in [0.3, 0.4) is 0 Å². The highest BCUT2D eigenvalue weighted by atomic mass is 16.5. The molecule has 0 saturated carbocycles. The van der Waals surface area contributed by atoms with Crippen molar-refractivity contribution in [2.75, 3.05) is 33.3 Å². The molecule has 1 aliphatic carbocycles. The van der Waals surface area contributed by atoms with Crippen molar-refractivity contribution in [1.82, 2.24) is 9.80 Å². The minimum Gasteiger partial charge on any atom is -0.497 e. The highest BCUT2D eigenvalue weighted by Gasteiger charge is 2.43. The Labute approximate surface area is 206 Å². The zero-order valence-electron chi connectivity index (χ0n) is 20.1. The van der Waals surface area contributed by atoms with E-state index in [0.717, 1.165) is 43.5 Å². The Balaban J connectivity index is 1.16. The second kappa shape index (κ2) is 9.58. The molecule has 180 valence electrons. The molecular formula is C29H30N2O4. The van der Waals surface area contributed by atoms with Gasteiger partial charge in [-0.2, -0.15) is 0 Å². The molecule has 0 bridgehead atoms. The van der Waals surface area contributed by atoms with Gasteiger partial charge in [-0.05, 0) is 60.6 Å². The third kappa shape index (κ3) is 4.81. The zero-order chi connectivity index (χ0) is 24.4. The number of carbonyl (C=O) groups is 3. The molecule has 3 aliphatic rings. The second-order valence-electron chi connectivity index (χ2n) is 9.96. The SMILES string of the molecule is COc1ccc2c(c1)C(CC(=O)N1CCC3(CCN(C(=O)C#Cc4ccccc4)CC3)C1)CC2=O. The summed E-state index contributed by atoms with van der Waals surface area (Å²) in [5, 5.41) is 0. The molecule has 2 fully saturated rings. The third-order valence-electron chi connectivity index (χ3n) is 7.84. The molecule has 35 heavy (non-hydrogen) atoms. The fraction of sp³-hybridized carbons (Fsp3) is 0.414. The quantitative estimate of drug-likeness (QED) is 0.643. The molecule has 2 heterocycles. The molecule has 2 amide bonds. The van der Waals surface area contributed by atoms with Gasteiger partial charge in [0.25, 0.3) is 5.91 Å². The molecule has 2 aromatic rings. The van der Waals surface area contributed by atoms with Crippen LogP contribution in [0, 0.1) is 17.3 Å². The number of carbonyl (C=O) groups excluding carboxylic acids is 3. The molecule has 2 aromatic carbocycles. The van der Waals surface area contributed by atoms with Gasteiger partial charge in [0.2, 0.25) is 5.91 Å². The number of ketones is 1. The average molecular weight is 471 g/mol. The Bertz CT molecular complexity index is 1200. The average Bonchev–Trinajstić information content (AvgIpc) is 3.44. The number of amides is 2. The van der Waals surface area contributed by atoms with Gasteiger partial charge < -0.3 is 14.5 Å². The number of fused-ring (bicyclic) bond motifs is 1. The molecule has 6 nitrogen and oxygen atoms in total. The van der Waals surface area contributed by atoms with Crippen LogP contribution < -0.4 is 4.74 Å². The minimum atomic E-state index is -0.130. The number of rotatable bonds is 3. The minimum absolute atomic E-state index is 0.0753. The van der Waals surface area contributed by atoms with Crippen molar-refractivity contribution < 1.29 is 19.1 Å². The van der Waals surface area contributed by atoms with E-state index in [9.17, 15) is 14.4 Å². The molecule has 5 rings (SSSR count). The van der Waals surface area contributed by atoms with Crippen LogP contribution >= 0.6 is 0 Å². The van der Waals surface area contributed by atoms with Crippen molar-refractivity contribution in [3.8, 4) is 17.6 Å². The molecule has 1 spiro atoms. The first-order chi connectivity index (χ1) is 17.0. The van der Waals surface area contributed by atoms with Gasteiger partial charge in [-0.25, -0.2) is 0 Å². The number of benzene rings is 2. The first kappa shape index (κ1) is 23.2. The third-order valence-corrected chi connectivity index (χ3v) is 7.84. The van der Waals surface area contributed by atoms with Gasteiger partial charge in [0.05, 0.1) is 7.11 Å². The van der Waals surface area contributed by atoms with Gasteiger partial charge in [0.1, 0.15) is 5.75 Å². The Morgan fingerprint density at radius 2 is 1.74 bits per heavy atom. The molecule has 0 aromatic heterocycles. The first-order valence-corrected chi connectivity index (χ1v) is 12.3. The Hall–Kier alpha value is -3.59. The second-order valence-corrected chi connectivity index (χ2v) is 9.96. The number of ether oxygens (including phenoxy) is 1. The fourth-order valence-electron chi connectivity index (χ4n) is 5.69. The van der Waals surface area contributed by atoms with Gasteiger partial charge in [-0.1, -0.05) is 24.1 Å². The molecule has 1 unspecified atom stereocenters. The lowest BCUT2D eigenvalue weighted by Crippen LogP contribution is -2.44. The van der Waals surface area contributed by atoms with Crippen molar-refractivity contribution in [3.05, 3.63) is 65.2 Å². The van der Waals surface area contributed by atoms with Gasteiger partial charge >= 0.3 is 0 Å². The van der Waals surface area contributed by atoms with Crippen molar-refractivity contribution in [1.29, 1.82) is 0 Å². The smallest absolute Gasteiger partial charge is 0.298 e. The maximum atomic E-state index is 13.2. The highest BCUT2D eigenvalue weighted by Crippen LogP contribution is 2.42. The van der Waals surface area contributed by atoms with E-state index in [2.05, 4.69) is 11.8 Å². The molecule has 6 heteroatoms. The van der Waals surface area contributed by atoms with E-state index in [0.29, 0.717) is 37.2 Å². The Kier molecular flexibility index (Phi) is 6.34. The molecule has 0 radical (unpaired) electrons. The van der Waals surface area contributed by atoms with E-state index in [-0.39, 0.29) is 28.9 Å². The summed E-state index contributed by atoms with van der Waals surface area (Å²) in [5.41, 5.74) is 2.56. The molecule has 2 aliphatic heterocycles. The summed E-state index contributed by atoms with van der Waals surface area (Å²) in [5.74, 6) is 6.44. The van der Waals surface area contributed by atoms with Crippen molar-refractivity contribution in [2.24, 2.45) is 5.41 Å². The van der Waals surface area contributed by atoms with Gasteiger partial charge in [-0.3, -0.25) is 14.4 Å². The summed E-state index contributed by atoms with van der Waals surface area (Å²) in [7, 11) is 1.61. The normalized spacial score (nSPS) is 20.4. The number of methoxy groups -OCH3 is 1. The van der Waals surface area contributed by atoms with Crippen LogP contribution in [0.4, 0.5) is 0 Å². The maximum absolute atomic E-state index is 13.2. The summed E-state index contributed by atoms with van der Waals surface area (Å²) in [6.45, 7) is 2.82. The van der Waals surface area contributed by atoms with Crippen molar-refractivity contribution >= 4 is 17.6 Å². The largest absolute Gasteiger partial charge is 0.497 e. The first-order valence-electron chi connectivity index (χ1n) is 12.3. The maximum Gasteiger partial charge on any atom is 0.298 e. The Morgan fingerprint density at radius 1 is 1.03 bits per heavy atom. The van der Waals surface area contributed by atoms with E-state index in [1.54, 1.807) is 13.2 Å². The molecule has 1 atom stereocenters. The predicted molar refractivity (Wildman–Crippen MR) is 132 cm³/mol. The molecule has 2 saturated heterocycles. The van der Waals surface area contributed by atoms with Gasteiger partial charge in [0, 0.05) is 62.0 Å². The topological polar surface area (TPSA) is 66.9 Å². The van der Waals surface area contributed by atoms with Crippen molar-refractivity contribution in [3.63, 3.8) is 0 Å². The zero-order valence-corrected chi connectivity index (χ0v) is 20.1. The number of nitrogens with zero attached hydrogens (tertiary/aromatic N) is 2. The van der Waals surface area contributed by atoms with Crippen molar-refractivity contribution in [2.45, 2.75) is 38.0 Å². The molecule has 0 N–H and O–H groups in total. The van der Waals surface area contributed by atoms with Crippen LogP contribution in [0.25, 0.3) is 0 Å². The summed E-state index contributed by atoms with van der Waals surface area (Å²) in [6, 6.07) is 15.0. The number of likely N-dealkylation sites (tertiary alicyclic amines) is 2. The summed E-state index contributed by atoms with van der Waals surface area (Å²) >= 11 is 0. The number of Topliss-reactive ketones (excluding diaryl/α,β-unsaturated/α-hetero) is 1. The lowest BCUT2D eigenvalue weighted by molar-refractivity contribution is -0.132. The van der Waals surface area contributed by atoms with E-state index in [1.165, 1.54) is 0 Å². The van der Waals surface area contributed by atoms with Gasteiger partial charge in [-0.15, -0.1) is 0 Å². The van der Waals surface area contributed by atoms with Gasteiger partial charge in [0.15, 0.2) is 5.78 Å². The summed E-state index contributed by atoms with van der Waals surface area (Å²) < 4.78 is 5.32. The van der Waals surface area contributed by atoms with E-state index < -0.39 is 0 Å². The van der Waals surface area contributed by atoms with E-state index >= 15 is 0 Å². The van der Waals surface area contributed by atoms with Crippen LogP contribution in [0.2, 0.25) is 0 Å². The summed E-state index contributed by atoms with van der Waals surface area (Å²) in [6.07, 6.45) is 3.47. The lowest BCUT2D eigenvalue weighted by atomic mass is 9.78. The van der Waals surface area contributed by atoms with Crippen LogP contribution in [0.5, 0.6) is 5.75 Å². The van der Waals surface area contributed by atoms with E-state index in [4.69, 9.17) is 4.74 Å². The van der Waals surface area contributed by atoms with Crippen LogP contribution in [-0.4, -0.2) is 60.7 Å². The lowest BCUT2D eigenvalue weighted by Gasteiger charge is -2.38. The number of hydrogen-bond acceptors (Lipinski definition) is 4. The fourth-order valence-corrected chi connectivity index (χ4v) is 5.69. The summed E-state index contributed by atoms with van der Waals surface area (Å²) in [4.78, 5) is 42.0. The Morgan fingerprint density at radius 3 is 2.46 bits per heavy atom. The predicted octanol–water partition coefficient (Wildman–Crippen LogP) is 3.65. The van der Waals surface area contributed by atoms with Crippen LogP contribution in [0.1, 0.15) is 59.5 Å². The number of piperidine rings is 1. The number of hydrogen-bond donors (Lipinski definition) is 0. The van der Waals surface area contributed by atoms with Crippen LogP contribution in [-0.2, 0) is 9.59 Å². The monoisotopic (exact) mass is 470 g/mol. The van der Waals surface area contributed by atoms with E-state index in [1.807, 2.05) is 52.3 Å². The van der Waals surface area contributed by atoms with Crippen LogP contribution in [0.15, 0.2) is 48.5 Å².